The Bertz CT molecular complexity index is 510. The van der Waals surface area contributed by atoms with Crippen LogP contribution < -0.4 is 0 Å². The molecule has 0 fully saturated rings. The lowest BCUT2D eigenvalue weighted by Gasteiger charge is -2.28. The van der Waals surface area contributed by atoms with Gasteiger partial charge in [-0.2, -0.15) is 0 Å². The molecule has 0 spiro atoms. The summed E-state index contributed by atoms with van der Waals surface area (Å²) in [5.74, 6) is 2.47. The van der Waals surface area contributed by atoms with Gasteiger partial charge in [-0.1, -0.05) is 49.9 Å². The van der Waals surface area contributed by atoms with Gasteiger partial charge >= 0.3 is 0 Å². The molecule has 0 aliphatic carbocycles. The largest absolute Gasteiger partial charge is 0.378 e. The summed E-state index contributed by atoms with van der Waals surface area (Å²) >= 11 is 6.68. The first kappa shape index (κ1) is 18.4. The van der Waals surface area contributed by atoms with E-state index >= 15 is 0 Å². The van der Waals surface area contributed by atoms with E-state index in [9.17, 15) is 4.79 Å². The molecule has 0 radical (unpaired) electrons. The fourth-order valence-electron chi connectivity index (χ4n) is 1.83. The average molecular weight is 418 g/mol. The molecule has 1 unspecified atom stereocenters. The van der Waals surface area contributed by atoms with Crippen molar-refractivity contribution < 1.29 is 14.3 Å². The molecule has 0 N–H and O–H groups in total. The number of Topliss-reactive ketones (excluding diaryl/α,β-unsaturated/α-hetero) is 1. The van der Waals surface area contributed by atoms with Crippen LogP contribution in [0.3, 0.4) is 0 Å². The number of halogens is 2. The van der Waals surface area contributed by atoms with Crippen molar-refractivity contribution in [3.63, 3.8) is 0 Å². The summed E-state index contributed by atoms with van der Waals surface area (Å²) in [7, 11) is 0. The smallest absolute Gasteiger partial charge is 0.155 e. The van der Waals surface area contributed by atoms with Gasteiger partial charge in [-0.3, -0.25) is 4.79 Å². The van der Waals surface area contributed by atoms with Crippen LogP contribution in [-0.4, -0.2) is 37.5 Å². The highest BCUT2D eigenvalue weighted by molar-refractivity contribution is 9.10. The molecule has 21 heavy (non-hydrogen) atoms. The van der Waals surface area contributed by atoms with Crippen LogP contribution in [0.4, 0.5) is 0 Å². The van der Waals surface area contributed by atoms with E-state index in [1.807, 2.05) is 31.2 Å². The molecule has 0 aromatic heterocycles. The maximum Gasteiger partial charge on any atom is 0.155 e. The molecule has 0 amide bonds. The monoisotopic (exact) mass is 416 g/mol. The highest BCUT2D eigenvalue weighted by Gasteiger charge is 2.34. The Morgan fingerprint density at radius 1 is 1.38 bits per heavy atom. The highest BCUT2D eigenvalue weighted by Crippen LogP contribution is 2.28. The van der Waals surface area contributed by atoms with E-state index in [0.717, 1.165) is 10.0 Å². The number of rotatable bonds is 9. The molecule has 1 atom stereocenters. The number of ether oxygens (including phenoxy) is 2. The van der Waals surface area contributed by atoms with Crippen LogP contribution in [0.15, 0.2) is 28.7 Å². The minimum Gasteiger partial charge on any atom is -0.378 e. The van der Waals surface area contributed by atoms with Crippen molar-refractivity contribution in [2.45, 2.75) is 12.3 Å². The maximum absolute atomic E-state index is 12.3. The summed E-state index contributed by atoms with van der Waals surface area (Å²) in [5, 5.41) is 0.285. The SMILES string of the molecule is C#CCOCCOCC(C)(C(=O)CBr)c1cccc(Br)c1. The van der Waals surface area contributed by atoms with E-state index in [0.29, 0.717) is 19.8 Å². The molecule has 1 aromatic carbocycles. The van der Waals surface area contributed by atoms with E-state index < -0.39 is 5.41 Å². The average Bonchev–Trinajstić information content (AvgIpc) is 2.49. The standard InChI is InChI=1S/C16H18Br2O3/c1-3-7-20-8-9-21-12-16(2,15(19)11-17)13-5-4-6-14(18)10-13/h1,4-6,10H,7-9,11-12H2,2H3. The van der Waals surface area contributed by atoms with Gasteiger partial charge in [-0.25, -0.2) is 0 Å². The number of hydrogen-bond donors (Lipinski definition) is 0. The van der Waals surface area contributed by atoms with E-state index in [1.165, 1.54) is 0 Å². The normalized spacial score (nSPS) is 13.4. The van der Waals surface area contributed by atoms with Gasteiger partial charge in [-0.05, 0) is 24.6 Å². The number of terminal acetylenes is 1. The van der Waals surface area contributed by atoms with Crippen molar-refractivity contribution in [1.29, 1.82) is 0 Å². The molecule has 0 bridgehead atoms. The van der Waals surface area contributed by atoms with Crippen LogP contribution in [0.2, 0.25) is 0 Å². The molecule has 0 aliphatic rings. The highest BCUT2D eigenvalue weighted by atomic mass is 79.9. The molecule has 0 saturated heterocycles. The van der Waals surface area contributed by atoms with Gasteiger partial charge in [0, 0.05) is 4.47 Å². The van der Waals surface area contributed by atoms with Gasteiger partial charge in [0.2, 0.25) is 0 Å². The molecule has 1 rings (SSSR count). The first-order chi connectivity index (χ1) is 10.0. The van der Waals surface area contributed by atoms with Crippen molar-refractivity contribution in [3.05, 3.63) is 34.3 Å². The maximum atomic E-state index is 12.3. The molecular formula is C16H18Br2O3. The Labute approximate surface area is 142 Å². The van der Waals surface area contributed by atoms with Crippen molar-refractivity contribution in [2.75, 3.05) is 31.8 Å². The summed E-state index contributed by atoms with van der Waals surface area (Å²) in [6, 6.07) is 7.72. The van der Waals surface area contributed by atoms with Crippen molar-refractivity contribution in [1.82, 2.24) is 0 Å². The van der Waals surface area contributed by atoms with Crippen LogP contribution >= 0.6 is 31.9 Å². The molecule has 1 aromatic rings. The van der Waals surface area contributed by atoms with E-state index in [1.54, 1.807) is 0 Å². The molecule has 5 heteroatoms. The van der Waals surface area contributed by atoms with E-state index in [4.69, 9.17) is 15.9 Å². The lowest BCUT2D eigenvalue weighted by atomic mass is 9.80. The number of hydrogen-bond acceptors (Lipinski definition) is 3. The summed E-state index contributed by atoms with van der Waals surface area (Å²) in [6.07, 6.45) is 5.09. The van der Waals surface area contributed by atoms with E-state index in [-0.39, 0.29) is 17.7 Å². The van der Waals surface area contributed by atoms with Gasteiger partial charge < -0.3 is 9.47 Å². The van der Waals surface area contributed by atoms with Gasteiger partial charge in [0.25, 0.3) is 0 Å². The minimum atomic E-state index is -0.695. The lowest BCUT2D eigenvalue weighted by Crippen LogP contribution is -2.38. The Balaban J connectivity index is 2.72. The summed E-state index contributed by atoms with van der Waals surface area (Å²) in [4.78, 5) is 12.3. The van der Waals surface area contributed by atoms with Crippen LogP contribution in [0.25, 0.3) is 0 Å². The Morgan fingerprint density at radius 3 is 2.71 bits per heavy atom. The van der Waals surface area contributed by atoms with Crippen molar-refractivity contribution >= 4 is 37.6 Å². The summed E-state index contributed by atoms with van der Waals surface area (Å²) < 4.78 is 11.7. The fraction of sp³-hybridized carbons (Fsp3) is 0.438. The Hall–Kier alpha value is -0.670. The quantitative estimate of drug-likeness (QED) is 0.351. The Morgan fingerprint density at radius 2 is 2.10 bits per heavy atom. The van der Waals surface area contributed by atoms with Crippen molar-refractivity contribution in [2.24, 2.45) is 0 Å². The molecule has 3 nitrogen and oxygen atoms in total. The zero-order chi connectivity index (χ0) is 15.7. The topological polar surface area (TPSA) is 35.5 Å². The second kappa shape index (κ2) is 9.37. The van der Waals surface area contributed by atoms with Crippen LogP contribution in [0, 0.1) is 12.3 Å². The Kier molecular flexibility index (Phi) is 8.20. The van der Waals surface area contributed by atoms with Crippen molar-refractivity contribution in [3.8, 4) is 12.3 Å². The van der Waals surface area contributed by atoms with E-state index in [2.05, 4.69) is 37.8 Å². The molecule has 114 valence electrons. The van der Waals surface area contributed by atoms with Crippen LogP contribution in [0.1, 0.15) is 12.5 Å². The number of alkyl halides is 1. The zero-order valence-electron chi connectivity index (χ0n) is 11.9. The zero-order valence-corrected chi connectivity index (χ0v) is 15.1. The molecule has 0 heterocycles. The predicted octanol–water partition coefficient (Wildman–Crippen LogP) is 3.34. The lowest BCUT2D eigenvalue weighted by molar-refractivity contribution is -0.123. The fourth-order valence-corrected chi connectivity index (χ4v) is 2.85. The number of carbonyl (C=O) groups excluding carboxylic acids is 1. The van der Waals surface area contributed by atoms with Gasteiger partial charge in [0.1, 0.15) is 6.61 Å². The summed E-state index contributed by atoms with van der Waals surface area (Å²) in [6.45, 7) is 3.28. The third-order valence-electron chi connectivity index (χ3n) is 3.15. The second-order valence-electron chi connectivity index (χ2n) is 4.71. The first-order valence-electron chi connectivity index (χ1n) is 6.49. The molecule has 0 aliphatic heterocycles. The third-order valence-corrected chi connectivity index (χ3v) is 4.15. The number of carbonyl (C=O) groups is 1. The molecule has 0 saturated carbocycles. The predicted molar refractivity (Wildman–Crippen MR) is 90.8 cm³/mol. The van der Waals surface area contributed by atoms with Gasteiger partial charge in [-0.15, -0.1) is 6.42 Å². The second-order valence-corrected chi connectivity index (χ2v) is 6.18. The number of benzene rings is 1. The first-order valence-corrected chi connectivity index (χ1v) is 8.40. The van der Waals surface area contributed by atoms with Gasteiger partial charge in [0.05, 0.1) is 30.6 Å². The van der Waals surface area contributed by atoms with Gasteiger partial charge in [0.15, 0.2) is 5.78 Å². The molecular weight excluding hydrogens is 400 g/mol. The third kappa shape index (κ3) is 5.55. The van der Waals surface area contributed by atoms with Crippen LogP contribution in [-0.2, 0) is 19.7 Å². The summed E-state index contributed by atoms with van der Waals surface area (Å²) in [5.41, 5.74) is 0.227. The minimum absolute atomic E-state index is 0.0742. The number of ketones is 1. The van der Waals surface area contributed by atoms with Crippen LogP contribution in [0.5, 0.6) is 0 Å².